The minimum Gasteiger partial charge on any atom is -0.485 e. The van der Waals surface area contributed by atoms with Crippen LogP contribution in [0.15, 0.2) is 36.2 Å². The first kappa shape index (κ1) is 23.7. The molecular weight excluding hydrogens is 462 g/mol. The molecule has 2 heterocycles. The molecule has 12 heteroatoms. The highest BCUT2D eigenvalue weighted by atomic mass is 35.5. The Kier molecular flexibility index (Phi) is 7.46. The molecule has 0 saturated carbocycles. The number of hydrogen-bond donors (Lipinski definition) is 3. The van der Waals surface area contributed by atoms with Crippen molar-refractivity contribution in [2.75, 3.05) is 39.3 Å². The molecule has 3 aromatic rings. The van der Waals surface area contributed by atoms with Gasteiger partial charge in [-0.3, -0.25) is 9.89 Å². The van der Waals surface area contributed by atoms with Crippen molar-refractivity contribution in [1.29, 1.82) is 0 Å². The number of methoxy groups -OCH3 is 2. The van der Waals surface area contributed by atoms with Crippen molar-refractivity contribution in [3.63, 3.8) is 0 Å². The third-order valence-corrected chi connectivity index (χ3v) is 5.72. The molecule has 0 aliphatic heterocycles. The molecule has 1 aliphatic rings. The van der Waals surface area contributed by atoms with Gasteiger partial charge in [-0.2, -0.15) is 10.1 Å². The molecule has 1 atom stereocenters. The van der Waals surface area contributed by atoms with Crippen molar-refractivity contribution in [3.05, 3.63) is 47.1 Å². The Morgan fingerprint density at radius 2 is 2.18 bits per heavy atom. The van der Waals surface area contributed by atoms with Crippen molar-refractivity contribution in [2.45, 2.75) is 12.5 Å². The normalized spacial score (nSPS) is 15.7. The molecule has 11 nitrogen and oxygen atoms in total. The first-order valence-corrected chi connectivity index (χ1v) is 11.0. The van der Waals surface area contributed by atoms with Crippen LogP contribution in [-0.2, 0) is 26.1 Å². The summed E-state index contributed by atoms with van der Waals surface area (Å²) in [6.45, 7) is 0.772. The quantitative estimate of drug-likeness (QED) is 0.372. The number of fused-ring (bicyclic) bond motifs is 1. The number of allylic oxidation sites excluding steroid dienone is 2. The third kappa shape index (κ3) is 5.22. The number of H-pyrrole nitrogens is 1. The number of anilines is 2. The summed E-state index contributed by atoms with van der Waals surface area (Å²) in [7, 11) is 4.97. The number of benzene rings is 1. The fourth-order valence-corrected chi connectivity index (χ4v) is 3.75. The van der Waals surface area contributed by atoms with Gasteiger partial charge in [0.2, 0.25) is 5.95 Å². The number of aryl methyl sites for hydroxylation is 1. The lowest BCUT2D eigenvalue weighted by Gasteiger charge is -2.23. The highest BCUT2D eigenvalue weighted by Gasteiger charge is 2.24. The Morgan fingerprint density at radius 3 is 2.97 bits per heavy atom. The average Bonchev–Trinajstić information content (AvgIpc) is 3.47. The van der Waals surface area contributed by atoms with Gasteiger partial charge in [-0.1, -0.05) is 17.7 Å². The molecule has 1 aliphatic carbocycles. The summed E-state index contributed by atoms with van der Waals surface area (Å²) in [6.07, 6.45) is 5.47. The van der Waals surface area contributed by atoms with Gasteiger partial charge in [0.25, 0.3) is 5.91 Å². The molecule has 0 saturated heterocycles. The molecular formula is C22H26ClN7O4. The van der Waals surface area contributed by atoms with Gasteiger partial charge in [0.15, 0.2) is 12.4 Å². The SMILES string of the molecule is COCCNC(=O)COC1=CC=C(c2nc(Nc3ccc4[nH]ncc4c3Cl)n(C)n2)CC1OC. The predicted molar refractivity (Wildman–Crippen MR) is 128 cm³/mol. The maximum atomic E-state index is 11.9. The molecule has 0 radical (unpaired) electrons. The number of carbonyl (C=O) groups excluding carboxylic acids is 1. The van der Waals surface area contributed by atoms with Gasteiger partial charge < -0.3 is 24.8 Å². The summed E-state index contributed by atoms with van der Waals surface area (Å²) in [5.41, 5.74) is 2.43. The Morgan fingerprint density at radius 1 is 1.32 bits per heavy atom. The van der Waals surface area contributed by atoms with Crippen LogP contribution in [0.3, 0.4) is 0 Å². The van der Waals surface area contributed by atoms with E-state index in [2.05, 4.69) is 30.9 Å². The molecule has 2 aromatic heterocycles. The molecule has 0 bridgehead atoms. The van der Waals surface area contributed by atoms with Gasteiger partial charge in [-0.15, -0.1) is 5.10 Å². The maximum Gasteiger partial charge on any atom is 0.258 e. The van der Waals surface area contributed by atoms with Crippen LogP contribution in [0.2, 0.25) is 5.02 Å². The van der Waals surface area contributed by atoms with Gasteiger partial charge in [0, 0.05) is 45.2 Å². The lowest BCUT2D eigenvalue weighted by Crippen LogP contribution is -2.31. The van der Waals surface area contributed by atoms with Crippen LogP contribution in [0.25, 0.3) is 16.5 Å². The lowest BCUT2D eigenvalue weighted by molar-refractivity contribution is -0.125. The minimum atomic E-state index is -0.357. The molecule has 1 amide bonds. The number of halogens is 1. The number of nitrogens with zero attached hydrogens (tertiary/aromatic N) is 4. The van der Waals surface area contributed by atoms with Gasteiger partial charge in [0.1, 0.15) is 11.9 Å². The Bertz CT molecular complexity index is 1230. The van der Waals surface area contributed by atoms with E-state index >= 15 is 0 Å². The molecule has 180 valence electrons. The molecule has 0 spiro atoms. The lowest BCUT2D eigenvalue weighted by atomic mass is 10.0. The largest absolute Gasteiger partial charge is 0.485 e. The summed E-state index contributed by atoms with van der Waals surface area (Å²) in [5.74, 6) is 1.44. The van der Waals surface area contributed by atoms with E-state index in [0.29, 0.717) is 47.8 Å². The summed E-state index contributed by atoms with van der Waals surface area (Å²) in [6, 6.07) is 3.75. The van der Waals surface area contributed by atoms with E-state index in [9.17, 15) is 4.79 Å². The maximum absolute atomic E-state index is 11.9. The smallest absolute Gasteiger partial charge is 0.258 e. The fourth-order valence-electron chi connectivity index (χ4n) is 3.49. The van der Waals surface area contributed by atoms with Gasteiger partial charge >= 0.3 is 0 Å². The number of aromatic nitrogens is 5. The topological polar surface area (TPSA) is 128 Å². The summed E-state index contributed by atoms with van der Waals surface area (Å²) in [4.78, 5) is 16.5. The zero-order chi connectivity index (χ0) is 24.1. The zero-order valence-electron chi connectivity index (χ0n) is 19.1. The Balaban J connectivity index is 1.46. The van der Waals surface area contributed by atoms with Crippen molar-refractivity contribution in [2.24, 2.45) is 7.05 Å². The number of carbonyl (C=O) groups is 1. The molecule has 34 heavy (non-hydrogen) atoms. The van der Waals surface area contributed by atoms with E-state index in [-0.39, 0.29) is 18.6 Å². The van der Waals surface area contributed by atoms with E-state index in [1.54, 1.807) is 38.2 Å². The van der Waals surface area contributed by atoms with E-state index in [0.717, 1.165) is 16.5 Å². The van der Waals surface area contributed by atoms with E-state index in [1.807, 2.05) is 18.2 Å². The van der Waals surface area contributed by atoms with E-state index in [4.69, 9.17) is 25.8 Å². The number of nitrogens with one attached hydrogen (secondary N) is 3. The van der Waals surface area contributed by atoms with Crippen molar-refractivity contribution >= 4 is 45.6 Å². The van der Waals surface area contributed by atoms with Crippen LogP contribution in [-0.4, -0.2) is 71.0 Å². The second kappa shape index (κ2) is 10.7. The van der Waals surface area contributed by atoms with Crippen LogP contribution < -0.4 is 10.6 Å². The molecule has 1 unspecified atom stereocenters. The van der Waals surface area contributed by atoms with Crippen LogP contribution in [0, 0.1) is 0 Å². The van der Waals surface area contributed by atoms with Crippen LogP contribution in [0.5, 0.6) is 0 Å². The zero-order valence-corrected chi connectivity index (χ0v) is 19.8. The van der Waals surface area contributed by atoms with E-state index in [1.165, 1.54) is 0 Å². The molecule has 4 rings (SSSR count). The summed E-state index contributed by atoms with van der Waals surface area (Å²) < 4.78 is 17.8. The molecule has 3 N–H and O–H groups in total. The van der Waals surface area contributed by atoms with Gasteiger partial charge in [0.05, 0.1) is 29.0 Å². The second-order valence-corrected chi connectivity index (χ2v) is 7.96. The van der Waals surface area contributed by atoms with Crippen molar-refractivity contribution < 1.29 is 19.0 Å². The highest BCUT2D eigenvalue weighted by molar-refractivity contribution is 6.38. The first-order valence-electron chi connectivity index (χ1n) is 10.6. The predicted octanol–water partition coefficient (Wildman–Crippen LogP) is 2.55. The first-order chi connectivity index (χ1) is 16.5. The molecule has 0 fully saturated rings. The number of hydrogen-bond acceptors (Lipinski definition) is 8. The summed E-state index contributed by atoms with van der Waals surface area (Å²) in [5, 5.41) is 18.8. The van der Waals surface area contributed by atoms with Crippen LogP contribution in [0.1, 0.15) is 12.2 Å². The second-order valence-electron chi connectivity index (χ2n) is 7.59. The van der Waals surface area contributed by atoms with E-state index < -0.39 is 0 Å². The van der Waals surface area contributed by atoms with Gasteiger partial charge in [-0.05, 0) is 18.2 Å². The Labute approximate surface area is 201 Å². The van der Waals surface area contributed by atoms with Crippen LogP contribution in [0.4, 0.5) is 11.6 Å². The van der Waals surface area contributed by atoms with Crippen LogP contribution >= 0.6 is 11.6 Å². The van der Waals surface area contributed by atoms with Gasteiger partial charge in [-0.25, -0.2) is 4.68 Å². The number of aromatic amines is 1. The fraction of sp³-hybridized carbons (Fsp3) is 0.364. The number of ether oxygens (including phenoxy) is 3. The summed E-state index contributed by atoms with van der Waals surface area (Å²) >= 11 is 6.52. The average molecular weight is 488 g/mol. The minimum absolute atomic E-state index is 0.101. The third-order valence-electron chi connectivity index (χ3n) is 5.31. The number of rotatable bonds is 10. The Hall–Kier alpha value is -3.41. The number of amides is 1. The van der Waals surface area contributed by atoms with Crippen molar-refractivity contribution in [3.8, 4) is 0 Å². The molecule has 1 aromatic carbocycles. The standard InChI is InChI=1S/C22H26ClN7O4/c1-30-22(26-16-6-5-15-14(20(16)23)11-25-28-15)27-21(29-30)13-4-7-17(18(10-13)33-3)34-12-19(31)24-8-9-32-2/h4-7,11,18H,8-10,12H2,1-3H3,(H,24,31)(H,25,28)(H,26,27,29). The monoisotopic (exact) mass is 487 g/mol. The highest BCUT2D eigenvalue weighted by Crippen LogP contribution is 2.33. The van der Waals surface area contributed by atoms with Crippen molar-refractivity contribution in [1.82, 2.24) is 30.3 Å².